The molecule has 2 amide bonds. The van der Waals surface area contributed by atoms with E-state index in [0.29, 0.717) is 18.5 Å². The summed E-state index contributed by atoms with van der Waals surface area (Å²) in [6.07, 6.45) is 2.15. The van der Waals surface area contributed by atoms with Crippen LogP contribution in [0.4, 0.5) is 5.69 Å². The summed E-state index contributed by atoms with van der Waals surface area (Å²) < 4.78 is 0. The number of nitrogens with one attached hydrogen (secondary N) is 2. The van der Waals surface area contributed by atoms with Gasteiger partial charge in [0.25, 0.3) is 5.91 Å². The number of likely N-dealkylation sites (N-methyl/N-ethyl adjacent to an activating group) is 1. The van der Waals surface area contributed by atoms with Gasteiger partial charge in [-0.15, -0.1) is 0 Å². The van der Waals surface area contributed by atoms with Crippen molar-refractivity contribution in [1.82, 2.24) is 10.2 Å². The molecule has 0 saturated carbocycles. The van der Waals surface area contributed by atoms with E-state index in [1.54, 1.807) is 17.4 Å². The highest BCUT2D eigenvalue weighted by Gasteiger charge is 2.20. The van der Waals surface area contributed by atoms with E-state index < -0.39 is 0 Å². The first-order chi connectivity index (χ1) is 13.1. The summed E-state index contributed by atoms with van der Waals surface area (Å²) in [7, 11) is 0. The predicted molar refractivity (Wildman–Crippen MR) is 110 cm³/mol. The zero-order chi connectivity index (χ0) is 19.2. The number of nitrogens with zero attached hydrogens (tertiary/aromatic N) is 1. The van der Waals surface area contributed by atoms with Gasteiger partial charge in [-0.05, 0) is 72.1 Å². The van der Waals surface area contributed by atoms with Crippen molar-refractivity contribution >= 4 is 28.8 Å². The number of fused-ring (bicyclic) bond motifs is 1. The molecule has 144 valence electrons. The van der Waals surface area contributed by atoms with Crippen LogP contribution in [0.1, 0.15) is 54.2 Å². The summed E-state index contributed by atoms with van der Waals surface area (Å²) in [6.45, 7) is 6.73. The Labute approximate surface area is 164 Å². The van der Waals surface area contributed by atoms with Gasteiger partial charge in [0.1, 0.15) is 0 Å². The van der Waals surface area contributed by atoms with E-state index in [2.05, 4.69) is 46.2 Å². The molecule has 1 aromatic carbocycles. The van der Waals surface area contributed by atoms with Gasteiger partial charge in [0.15, 0.2) is 0 Å². The summed E-state index contributed by atoms with van der Waals surface area (Å²) in [6, 6.07) is 7.85. The Bertz CT molecular complexity index is 785. The van der Waals surface area contributed by atoms with E-state index in [4.69, 9.17) is 0 Å². The molecule has 0 saturated heterocycles. The molecule has 0 bridgehead atoms. The molecular weight excluding hydrogens is 358 g/mol. The van der Waals surface area contributed by atoms with Crippen LogP contribution < -0.4 is 10.6 Å². The molecule has 1 aromatic heterocycles. The molecule has 1 atom stereocenters. The molecule has 0 fully saturated rings. The smallest absolute Gasteiger partial charge is 0.251 e. The third-order valence-electron chi connectivity index (χ3n) is 5.13. The lowest BCUT2D eigenvalue weighted by molar-refractivity contribution is -0.116. The number of hydrogen-bond acceptors (Lipinski definition) is 4. The van der Waals surface area contributed by atoms with Gasteiger partial charge in [-0.3, -0.25) is 14.5 Å². The molecule has 27 heavy (non-hydrogen) atoms. The Hall–Kier alpha value is -2.18. The number of amides is 2. The molecule has 1 aliphatic heterocycles. The van der Waals surface area contributed by atoms with Gasteiger partial charge in [0.05, 0.1) is 6.04 Å². The Balaban J connectivity index is 1.71. The first-order valence-corrected chi connectivity index (χ1v) is 10.5. The molecule has 3 rings (SSSR count). The molecule has 0 aliphatic carbocycles. The zero-order valence-electron chi connectivity index (χ0n) is 16.0. The summed E-state index contributed by atoms with van der Waals surface area (Å²) in [5.41, 5.74) is 3.75. The fourth-order valence-corrected chi connectivity index (χ4v) is 4.30. The molecule has 6 heteroatoms. The second-order valence-electron chi connectivity index (χ2n) is 6.78. The quantitative estimate of drug-likeness (QED) is 0.761. The fourth-order valence-electron chi connectivity index (χ4n) is 3.59. The third-order valence-corrected chi connectivity index (χ3v) is 5.83. The van der Waals surface area contributed by atoms with Gasteiger partial charge in [-0.1, -0.05) is 13.8 Å². The van der Waals surface area contributed by atoms with E-state index in [1.165, 1.54) is 5.56 Å². The van der Waals surface area contributed by atoms with E-state index in [9.17, 15) is 9.59 Å². The van der Waals surface area contributed by atoms with Crippen molar-refractivity contribution in [3.05, 3.63) is 51.7 Å². The topological polar surface area (TPSA) is 61.4 Å². The lowest BCUT2D eigenvalue weighted by Gasteiger charge is -2.29. The number of anilines is 1. The predicted octanol–water partition coefficient (Wildman–Crippen LogP) is 3.84. The highest BCUT2D eigenvalue weighted by atomic mass is 32.1. The summed E-state index contributed by atoms with van der Waals surface area (Å²) in [5, 5.41) is 10.2. The van der Waals surface area contributed by atoms with Crippen molar-refractivity contribution < 1.29 is 9.59 Å². The van der Waals surface area contributed by atoms with Gasteiger partial charge in [0.2, 0.25) is 5.91 Å². The average molecular weight is 386 g/mol. The van der Waals surface area contributed by atoms with E-state index in [0.717, 1.165) is 37.2 Å². The van der Waals surface area contributed by atoms with Gasteiger partial charge in [-0.2, -0.15) is 11.3 Å². The third kappa shape index (κ3) is 4.76. The van der Waals surface area contributed by atoms with Gasteiger partial charge >= 0.3 is 0 Å². The van der Waals surface area contributed by atoms with Crippen molar-refractivity contribution in [3.63, 3.8) is 0 Å². The minimum Gasteiger partial charge on any atom is -0.350 e. The van der Waals surface area contributed by atoms with Gasteiger partial charge in [0, 0.05) is 24.2 Å². The number of carbonyl (C=O) groups is 2. The van der Waals surface area contributed by atoms with Crippen LogP contribution in [0.2, 0.25) is 0 Å². The second kappa shape index (κ2) is 9.15. The minimum absolute atomic E-state index is 0.0452. The Morgan fingerprint density at radius 1 is 1.26 bits per heavy atom. The Morgan fingerprint density at radius 2 is 2.07 bits per heavy atom. The van der Waals surface area contributed by atoms with Crippen LogP contribution in [-0.2, 0) is 11.2 Å². The number of carbonyl (C=O) groups excluding carboxylic acids is 2. The maximum atomic E-state index is 12.7. The molecular formula is C21H27N3O2S. The van der Waals surface area contributed by atoms with Crippen LogP contribution in [0.3, 0.4) is 0 Å². The van der Waals surface area contributed by atoms with Crippen molar-refractivity contribution in [2.75, 3.05) is 25.0 Å². The summed E-state index contributed by atoms with van der Waals surface area (Å²) in [5.74, 6) is -0.0236. The number of rotatable bonds is 7. The van der Waals surface area contributed by atoms with E-state index in [-0.39, 0.29) is 17.9 Å². The summed E-state index contributed by atoms with van der Waals surface area (Å²) >= 11 is 1.68. The van der Waals surface area contributed by atoms with Crippen molar-refractivity contribution in [2.45, 2.75) is 39.2 Å². The van der Waals surface area contributed by atoms with E-state index in [1.807, 2.05) is 12.1 Å². The van der Waals surface area contributed by atoms with Crippen LogP contribution in [0.25, 0.3) is 0 Å². The van der Waals surface area contributed by atoms with Gasteiger partial charge in [-0.25, -0.2) is 0 Å². The molecule has 2 N–H and O–H groups in total. The first-order valence-electron chi connectivity index (χ1n) is 9.59. The molecule has 0 radical (unpaired) electrons. The van der Waals surface area contributed by atoms with Crippen molar-refractivity contribution in [2.24, 2.45) is 0 Å². The molecule has 2 heterocycles. The van der Waals surface area contributed by atoms with E-state index >= 15 is 0 Å². The standard InChI is InChI=1S/C21H27N3O2S/c1-3-24(4-2)19(17-10-11-27-14-17)13-22-21(26)16-8-9-18-15(12-16)6-5-7-20(25)23-18/h8-12,14,19H,3-7,13H2,1-2H3,(H,22,26)(H,23,25). The maximum Gasteiger partial charge on any atom is 0.251 e. The van der Waals surface area contributed by atoms with Crippen molar-refractivity contribution in [1.29, 1.82) is 0 Å². The number of thiophene rings is 1. The molecule has 1 aliphatic rings. The van der Waals surface area contributed by atoms with Gasteiger partial charge < -0.3 is 10.6 Å². The van der Waals surface area contributed by atoms with Crippen LogP contribution in [0.15, 0.2) is 35.0 Å². The second-order valence-corrected chi connectivity index (χ2v) is 7.56. The largest absolute Gasteiger partial charge is 0.350 e. The minimum atomic E-state index is -0.0687. The van der Waals surface area contributed by atoms with Crippen molar-refractivity contribution in [3.8, 4) is 0 Å². The first kappa shape index (κ1) is 19.6. The van der Waals surface area contributed by atoms with Crippen LogP contribution >= 0.6 is 11.3 Å². The van der Waals surface area contributed by atoms with Crippen LogP contribution in [0, 0.1) is 0 Å². The average Bonchev–Trinajstić information content (AvgIpc) is 3.13. The Kier molecular flexibility index (Phi) is 6.63. The maximum absolute atomic E-state index is 12.7. The number of hydrogen-bond donors (Lipinski definition) is 2. The highest BCUT2D eigenvalue weighted by Crippen LogP contribution is 2.24. The molecule has 1 unspecified atom stereocenters. The molecule has 0 spiro atoms. The lowest BCUT2D eigenvalue weighted by Crippen LogP contribution is -2.37. The fraction of sp³-hybridized carbons (Fsp3) is 0.429. The number of aryl methyl sites for hydroxylation is 1. The zero-order valence-corrected chi connectivity index (χ0v) is 16.8. The molecule has 5 nitrogen and oxygen atoms in total. The molecule has 2 aromatic rings. The highest BCUT2D eigenvalue weighted by molar-refractivity contribution is 7.07. The van der Waals surface area contributed by atoms with Crippen LogP contribution in [-0.4, -0.2) is 36.3 Å². The monoisotopic (exact) mass is 385 g/mol. The SMILES string of the molecule is CCN(CC)C(CNC(=O)c1ccc2c(c1)CCCC(=O)N2)c1ccsc1. The Morgan fingerprint density at radius 3 is 2.78 bits per heavy atom. The van der Waals surface area contributed by atoms with Crippen LogP contribution in [0.5, 0.6) is 0 Å². The normalized spacial score (nSPS) is 15.0. The lowest BCUT2D eigenvalue weighted by atomic mass is 10.0. The summed E-state index contributed by atoms with van der Waals surface area (Å²) in [4.78, 5) is 26.8. The number of benzene rings is 1.